The minimum absolute atomic E-state index is 0.711. The summed E-state index contributed by atoms with van der Waals surface area (Å²) in [7, 11) is 1.69. The van der Waals surface area contributed by atoms with Gasteiger partial charge in [-0.2, -0.15) is 0 Å². The summed E-state index contributed by atoms with van der Waals surface area (Å²) >= 11 is 0. The molecule has 0 fully saturated rings. The van der Waals surface area contributed by atoms with E-state index < -0.39 is 0 Å². The molecule has 0 unspecified atom stereocenters. The van der Waals surface area contributed by atoms with Crippen molar-refractivity contribution in [2.45, 2.75) is 19.4 Å². The van der Waals surface area contributed by atoms with Crippen LogP contribution in [0.15, 0.2) is 78.9 Å². The lowest BCUT2D eigenvalue weighted by Crippen LogP contribution is -2.04. The number of benzene rings is 3. The summed E-state index contributed by atoms with van der Waals surface area (Å²) in [6.45, 7) is 1.60. The van der Waals surface area contributed by atoms with Crippen LogP contribution >= 0.6 is 0 Å². The van der Waals surface area contributed by atoms with Crippen LogP contribution in [0.1, 0.15) is 24.2 Å². The van der Waals surface area contributed by atoms with Crippen LogP contribution in [-0.2, 0) is 6.54 Å². The van der Waals surface area contributed by atoms with Gasteiger partial charge in [-0.1, -0.05) is 48.5 Å². The lowest BCUT2D eigenvalue weighted by atomic mass is 10.2. The third-order valence-electron chi connectivity index (χ3n) is 5.02. The molecule has 1 aromatic heterocycles. The van der Waals surface area contributed by atoms with Crippen LogP contribution in [0.5, 0.6) is 11.5 Å². The quantitative estimate of drug-likeness (QED) is 0.321. The Morgan fingerprint density at radius 3 is 2.47 bits per heavy atom. The van der Waals surface area contributed by atoms with Gasteiger partial charge in [0.05, 0.1) is 24.8 Å². The predicted octanol–water partition coefficient (Wildman–Crippen LogP) is 6.07. The van der Waals surface area contributed by atoms with Gasteiger partial charge in [-0.25, -0.2) is 4.98 Å². The van der Waals surface area contributed by atoms with Crippen molar-refractivity contribution < 1.29 is 9.47 Å². The first kappa shape index (κ1) is 19.8. The number of ether oxygens (including phenoxy) is 2. The summed E-state index contributed by atoms with van der Waals surface area (Å²) < 4.78 is 13.6. The Morgan fingerprint density at radius 2 is 1.60 bits per heavy atom. The smallest absolute Gasteiger partial charge is 0.133 e. The van der Waals surface area contributed by atoms with Crippen LogP contribution in [0.3, 0.4) is 0 Å². The largest absolute Gasteiger partial charge is 0.496 e. The number of para-hydroxylation sites is 4. The SMILES string of the molecule is COc1ccccc1/C=C/c1nc2ccccc2n1CCCCOc1ccccc1. The summed E-state index contributed by atoms with van der Waals surface area (Å²) in [6.07, 6.45) is 6.13. The predicted molar refractivity (Wildman–Crippen MR) is 123 cm³/mol. The van der Waals surface area contributed by atoms with Gasteiger partial charge in [0.15, 0.2) is 0 Å². The van der Waals surface area contributed by atoms with Crippen molar-refractivity contribution in [2.24, 2.45) is 0 Å². The zero-order valence-corrected chi connectivity index (χ0v) is 17.2. The van der Waals surface area contributed by atoms with Crippen molar-refractivity contribution in [3.05, 3.63) is 90.3 Å². The molecular formula is C26H26N2O2. The number of aromatic nitrogens is 2. The summed E-state index contributed by atoms with van der Waals surface area (Å²) in [5.41, 5.74) is 3.20. The van der Waals surface area contributed by atoms with Gasteiger partial charge in [0, 0.05) is 12.1 Å². The Balaban J connectivity index is 1.47. The highest BCUT2D eigenvalue weighted by Gasteiger charge is 2.08. The van der Waals surface area contributed by atoms with Gasteiger partial charge in [0.25, 0.3) is 0 Å². The number of methoxy groups -OCH3 is 1. The molecule has 0 aliphatic rings. The molecule has 0 bridgehead atoms. The molecular weight excluding hydrogens is 372 g/mol. The fourth-order valence-electron chi connectivity index (χ4n) is 3.50. The minimum atomic E-state index is 0.711. The van der Waals surface area contributed by atoms with E-state index in [1.807, 2.05) is 60.7 Å². The number of nitrogens with zero attached hydrogens (tertiary/aromatic N) is 2. The maximum atomic E-state index is 5.82. The van der Waals surface area contributed by atoms with Crippen molar-refractivity contribution in [3.63, 3.8) is 0 Å². The molecule has 0 spiro atoms. The fourth-order valence-corrected chi connectivity index (χ4v) is 3.50. The maximum absolute atomic E-state index is 5.82. The van der Waals surface area contributed by atoms with Gasteiger partial charge in [-0.15, -0.1) is 0 Å². The van der Waals surface area contributed by atoms with E-state index in [2.05, 4.69) is 34.9 Å². The zero-order chi connectivity index (χ0) is 20.6. The standard InChI is InChI=1S/C26H26N2O2/c1-29-25-16-8-5-11-21(25)17-18-26-27-23-14-6-7-15-24(23)28(26)19-9-10-20-30-22-12-3-2-4-13-22/h2-8,11-18H,9-10,19-20H2,1H3/b18-17+. The minimum Gasteiger partial charge on any atom is -0.496 e. The molecule has 0 aliphatic heterocycles. The molecule has 0 radical (unpaired) electrons. The van der Waals surface area contributed by atoms with Crippen LogP contribution in [0.2, 0.25) is 0 Å². The molecule has 4 heteroatoms. The second-order valence-electron chi connectivity index (χ2n) is 7.05. The van der Waals surface area contributed by atoms with Crippen molar-refractivity contribution in [1.29, 1.82) is 0 Å². The fraction of sp³-hybridized carbons (Fsp3) is 0.192. The summed E-state index contributed by atoms with van der Waals surface area (Å²) in [5, 5.41) is 0. The summed E-state index contributed by atoms with van der Waals surface area (Å²) in [6, 6.07) is 26.2. The topological polar surface area (TPSA) is 36.3 Å². The van der Waals surface area contributed by atoms with Crippen molar-refractivity contribution in [1.82, 2.24) is 9.55 Å². The van der Waals surface area contributed by atoms with Gasteiger partial charge >= 0.3 is 0 Å². The Hall–Kier alpha value is -3.53. The molecule has 0 saturated heterocycles. The molecule has 152 valence electrons. The monoisotopic (exact) mass is 398 g/mol. The molecule has 4 nitrogen and oxygen atoms in total. The number of hydrogen-bond acceptors (Lipinski definition) is 3. The third-order valence-corrected chi connectivity index (χ3v) is 5.02. The molecule has 0 N–H and O–H groups in total. The normalized spacial score (nSPS) is 11.2. The van der Waals surface area contributed by atoms with Crippen LogP contribution in [-0.4, -0.2) is 23.3 Å². The van der Waals surface area contributed by atoms with E-state index in [9.17, 15) is 0 Å². The van der Waals surface area contributed by atoms with Crippen molar-refractivity contribution in [3.8, 4) is 11.5 Å². The highest BCUT2D eigenvalue weighted by molar-refractivity contribution is 5.80. The molecule has 0 amide bonds. The molecule has 4 aromatic rings. The van der Waals surface area contributed by atoms with Gasteiger partial charge in [0.2, 0.25) is 0 Å². The van der Waals surface area contributed by atoms with Crippen molar-refractivity contribution in [2.75, 3.05) is 13.7 Å². The zero-order valence-electron chi connectivity index (χ0n) is 17.2. The molecule has 30 heavy (non-hydrogen) atoms. The average molecular weight is 399 g/mol. The van der Waals surface area contributed by atoms with Crippen LogP contribution < -0.4 is 9.47 Å². The van der Waals surface area contributed by atoms with Gasteiger partial charge in [-0.05, 0) is 55.3 Å². The van der Waals surface area contributed by atoms with E-state index in [0.29, 0.717) is 6.61 Å². The van der Waals surface area contributed by atoms with Gasteiger partial charge in [-0.3, -0.25) is 0 Å². The Bertz CT molecular complexity index is 1120. The highest BCUT2D eigenvalue weighted by atomic mass is 16.5. The Morgan fingerprint density at radius 1 is 0.833 bits per heavy atom. The van der Waals surface area contributed by atoms with E-state index >= 15 is 0 Å². The average Bonchev–Trinajstić information content (AvgIpc) is 3.16. The number of unbranched alkanes of at least 4 members (excludes halogenated alkanes) is 1. The van der Waals surface area contributed by atoms with E-state index in [1.54, 1.807) is 7.11 Å². The van der Waals surface area contributed by atoms with Crippen LogP contribution in [0, 0.1) is 0 Å². The van der Waals surface area contributed by atoms with Crippen LogP contribution in [0.25, 0.3) is 23.2 Å². The number of fused-ring (bicyclic) bond motifs is 1. The summed E-state index contributed by atoms with van der Waals surface area (Å²) in [5.74, 6) is 2.73. The van der Waals surface area contributed by atoms with Gasteiger partial charge in [0.1, 0.15) is 17.3 Å². The lowest BCUT2D eigenvalue weighted by molar-refractivity contribution is 0.303. The Labute approximate surface area is 177 Å². The third kappa shape index (κ3) is 4.71. The van der Waals surface area contributed by atoms with Crippen molar-refractivity contribution >= 4 is 23.2 Å². The molecule has 0 saturated carbocycles. The first-order chi connectivity index (χ1) is 14.8. The van der Waals surface area contributed by atoms with Gasteiger partial charge < -0.3 is 14.0 Å². The maximum Gasteiger partial charge on any atom is 0.133 e. The molecule has 0 aliphatic carbocycles. The molecule has 4 rings (SSSR count). The molecule has 3 aromatic carbocycles. The lowest BCUT2D eigenvalue weighted by Gasteiger charge is -2.09. The van der Waals surface area contributed by atoms with E-state index in [1.165, 1.54) is 0 Å². The molecule has 0 atom stereocenters. The number of aryl methyl sites for hydroxylation is 1. The number of hydrogen-bond donors (Lipinski definition) is 0. The van der Waals surface area contributed by atoms with E-state index in [0.717, 1.165) is 53.3 Å². The first-order valence-corrected chi connectivity index (χ1v) is 10.3. The summed E-state index contributed by atoms with van der Waals surface area (Å²) in [4.78, 5) is 4.83. The highest BCUT2D eigenvalue weighted by Crippen LogP contribution is 2.22. The number of rotatable bonds is 9. The first-order valence-electron chi connectivity index (χ1n) is 10.3. The van der Waals surface area contributed by atoms with E-state index in [4.69, 9.17) is 14.5 Å². The Kier molecular flexibility index (Phi) is 6.45. The number of imidazole rings is 1. The van der Waals surface area contributed by atoms with E-state index in [-0.39, 0.29) is 0 Å². The molecule has 1 heterocycles. The van der Waals surface area contributed by atoms with Crippen LogP contribution in [0.4, 0.5) is 0 Å². The second kappa shape index (κ2) is 9.79. The second-order valence-corrected chi connectivity index (χ2v) is 7.05.